The summed E-state index contributed by atoms with van der Waals surface area (Å²) < 4.78 is 68.5. The molecule has 0 N–H and O–H groups in total. The largest absolute Gasteiger partial charge is 0.414 e. The zero-order valence-corrected chi connectivity index (χ0v) is 40.1. The second kappa shape index (κ2) is 19.5. The Hall–Kier alpha value is -1.49. The first kappa shape index (κ1) is 48.2. The van der Waals surface area contributed by atoms with Crippen LogP contribution < -0.4 is 0 Å². The lowest BCUT2D eigenvalue weighted by Crippen LogP contribution is -2.49. The van der Waals surface area contributed by atoms with Gasteiger partial charge >= 0.3 is 0 Å². The standard InChI is InChI=1S/C45H76O9SSi2/c1-31-25-35(22-23-39-32(2)26-34(51-39)19-18-24-46)52-40(33(31)3)28-41-38(30-55(47,48)37-20-16-15-17-21-37)43(49-10)42(53-41)27-36(54-57(13,14)45(7,8)9)29-50-56(11,12)44(4,5)6/h15-17,20-21,24,31,34-36,38-43H,2-3,18-19,22-23,25-30H2,1,4-14H3/t31?,34?,35?,36-,38?,39?,40?,41?,42?,43?/m0/s1. The van der Waals surface area contributed by atoms with E-state index in [0.29, 0.717) is 30.8 Å². The third kappa shape index (κ3) is 12.5. The number of ether oxygens (including phenoxy) is 4. The van der Waals surface area contributed by atoms with Crippen LogP contribution in [0.2, 0.25) is 36.3 Å². The third-order valence-corrected chi connectivity index (χ3v) is 24.6. The number of carbonyl (C=O) groups excluding carboxylic acids is 1. The van der Waals surface area contributed by atoms with Gasteiger partial charge in [0.15, 0.2) is 26.5 Å². The van der Waals surface area contributed by atoms with E-state index in [1.807, 2.05) is 6.07 Å². The van der Waals surface area contributed by atoms with Crippen molar-refractivity contribution in [1.29, 1.82) is 0 Å². The van der Waals surface area contributed by atoms with E-state index in [2.05, 4.69) is 87.8 Å². The quantitative estimate of drug-likeness (QED) is 0.0764. The maximum atomic E-state index is 14.1. The van der Waals surface area contributed by atoms with Gasteiger partial charge in [-0.1, -0.05) is 79.8 Å². The van der Waals surface area contributed by atoms with E-state index in [-0.39, 0.29) is 52.3 Å². The number of sulfone groups is 1. The maximum Gasteiger partial charge on any atom is 0.192 e. The third-order valence-electron chi connectivity index (χ3n) is 13.7. The molecule has 0 amide bonds. The summed E-state index contributed by atoms with van der Waals surface area (Å²) in [6.45, 7) is 33.9. The fourth-order valence-corrected chi connectivity index (χ4v) is 12.1. The van der Waals surface area contributed by atoms with Crippen LogP contribution in [-0.4, -0.2) is 99.6 Å². The predicted molar refractivity (Wildman–Crippen MR) is 234 cm³/mol. The van der Waals surface area contributed by atoms with Gasteiger partial charge in [0.25, 0.3) is 0 Å². The lowest BCUT2D eigenvalue weighted by molar-refractivity contribution is -0.108. The number of carbonyl (C=O) groups is 1. The van der Waals surface area contributed by atoms with Crippen LogP contribution in [0.4, 0.5) is 0 Å². The Kier molecular flexibility index (Phi) is 16.5. The Morgan fingerprint density at radius 3 is 2.11 bits per heavy atom. The highest BCUT2D eigenvalue weighted by molar-refractivity contribution is 7.91. The first-order valence-electron chi connectivity index (χ1n) is 21.3. The van der Waals surface area contributed by atoms with E-state index in [9.17, 15) is 13.2 Å². The zero-order valence-electron chi connectivity index (χ0n) is 37.3. The van der Waals surface area contributed by atoms with Gasteiger partial charge in [0.05, 0.1) is 66.1 Å². The number of benzene rings is 1. The monoisotopic (exact) mass is 848 g/mol. The molecule has 0 bridgehead atoms. The molecular formula is C45H76O9SSi2. The summed E-state index contributed by atoms with van der Waals surface area (Å²) in [4.78, 5) is 11.2. The van der Waals surface area contributed by atoms with E-state index in [0.717, 1.165) is 49.5 Å². The van der Waals surface area contributed by atoms with Crippen LogP contribution in [0, 0.1) is 11.8 Å². The Bertz CT molecular complexity index is 1600. The average Bonchev–Trinajstić information content (AvgIpc) is 3.63. The first-order valence-corrected chi connectivity index (χ1v) is 28.7. The fraction of sp³-hybridized carbons (Fsp3) is 0.756. The van der Waals surface area contributed by atoms with Gasteiger partial charge in [0, 0.05) is 32.3 Å². The molecule has 0 aliphatic carbocycles. The number of hydrogen-bond acceptors (Lipinski definition) is 9. The highest BCUT2D eigenvalue weighted by atomic mass is 32.2. The number of methoxy groups -OCH3 is 1. The van der Waals surface area contributed by atoms with Crippen molar-refractivity contribution in [2.24, 2.45) is 11.8 Å². The second-order valence-electron chi connectivity index (χ2n) is 20.1. The molecule has 3 aliphatic rings. The van der Waals surface area contributed by atoms with Gasteiger partial charge < -0.3 is 32.6 Å². The molecule has 4 rings (SSSR count). The molecule has 0 aromatic heterocycles. The van der Waals surface area contributed by atoms with E-state index in [1.165, 1.54) is 0 Å². The molecule has 324 valence electrons. The minimum Gasteiger partial charge on any atom is -0.414 e. The summed E-state index contributed by atoms with van der Waals surface area (Å²) >= 11 is 0. The summed E-state index contributed by atoms with van der Waals surface area (Å²) in [6, 6.07) is 8.66. The average molecular weight is 849 g/mol. The zero-order chi connectivity index (χ0) is 42.6. The van der Waals surface area contributed by atoms with Gasteiger partial charge in [-0.3, -0.25) is 0 Å². The molecule has 1 aromatic rings. The second-order valence-corrected chi connectivity index (χ2v) is 31.7. The maximum absolute atomic E-state index is 14.1. The van der Waals surface area contributed by atoms with E-state index in [1.54, 1.807) is 31.4 Å². The predicted octanol–water partition coefficient (Wildman–Crippen LogP) is 9.87. The van der Waals surface area contributed by atoms with E-state index < -0.39 is 50.7 Å². The molecule has 3 aliphatic heterocycles. The summed E-state index contributed by atoms with van der Waals surface area (Å²) in [5.74, 6) is -0.348. The van der Waals surface area contributed by atoms with Gasteiger partial charge in [-0.2, -0.15) is 0 Å². The van der Waals surface area contributed by atoms with Crippen molar-refractivity contribution in [2.45, 2.75) is 190 Å². The van der Waals surface area contributed by atoms with E-state index in [4.69, 9.17) is 27.8 Å². The van der Waals surface area contributed by atoms with Gasteiger partial charge in [0.1, 0.15) is 6.29 Å². The van der Waals surface area contributed by atoms with Gasteiger partial charge in [-0.25, -0.2) is 8.42 Å². The Labute approximate surface area is 348 Å². The van der Waals surface area contributed by atoms with Crippen molar-refractivity contribution < 1.29 is 41.0 Å². The van der Waals surface area contributed by atoms with Crippen molar-refractivity contribution in [3.63, 3.8) is 0 Å². The minimum absolute atomic E-state index is 0.0160. The van der Waals surface area contributed by atoms with Crippen molar-refractivity contribution in [1.82, 2.24) is 0 Å². The molecule has 9 unspecified atom stereocenters. The Morgan fingerprint density at radius 1 is 0.877 bits per heavy atom. The molecule has 12 heteroatoms. The molecule has 3 saturated heterocycles. The molecule has 9 nitrogen and oxygen atoms in total. The summed E-state index contributed by atoms with van der Waals surface area (Å²) in [5, 5.41) is 0.0137. The normalized spacial score (nSPS) is 29.9. The van der Waals surface area contributed by atoms with Gasteiger partial charge in [-0.05, 0) is 97.6 Å². The molecule has 0 radical (unpaired) electrons. The smallest absolute Gasteiger partial charge is 0.192 e. The Morgan fingerprint density at radius 2 is 1.51 bits per heavy atom. The molecule has 3 fully saturated rings. The van der Waals surface area contributed by atoms with E-state index >= 15 is 0 Å². The number of rotatable bonds is 19. The fourth-order valence-electron chi connectivity index (χ4n) is 8.01. The molecule has 1 aromatic carbocycles. The van der Waals surface area contributed by atoms with Crippen molar-refractivity contribution in [2.75, 3.05) is 19.5 Å². The van der Waals surface area contributed by atoms with Gasteiger partial charge in [-0.15, -0.1) is 0 Å². The highest BCUT2D eigenvalue weighted by Crippen LogP contribution is 2.44. The van der Waals surface area contributed by atoms with Crippen LogP contribution in [0.5, 0.6) is 0 Å². The summed E-state index contributed by atoms with van der Waals surface area (Å²) in [7, 11) is -6.37. The van der Waals surface area contributed by atoms with Crippen LogP contribution >= 0.6 is 0 Å². The first-order chi connectivity index (χ1) is 26.4. The van der Waals surface area contributed by atoms with Crippen molar-refractivity contribution in [3.8, 4) is 0 Å². The van der Waals surface area contributed by atoms with Crippen LogP contribution in [-0.2, 0) is 42.4 Å². The van der Waals surface area contributed by atoms with Crippen LogP contribution in [0.25, 0.3) is 0 Å². The SMILES string of the molecule is C=C1CC(CCC=O)OC1CCC1CC(C)C(=C)C(CC2OC(C[C@@H](CO[Si](C)(C)C(C)(C)C)O[Si](C)(C)C(C)(C)C)C(OC)C2CS(=O)(=O)c2ccccc2)O1. The molecule has 0 spiro atoms. The topological polar surface area (TPSA) is 107 Å². The van der Waals surface area contributed by atoms with Gasteiger partial charge in [0.2, 0.25) is 0 Å². The lowest BCUT2D eigenvalue weighted by Gasteiger charge is -2.42. The van der Waals surface area contributed by atoms with Crippen molar-refractivity contribution in [3.05, 3.63) is 54.6 Å². The highest BCUT2D eigenvalue weighted by Gasteiger charge is 2.50. The Balaban J connectivity index is 1.60. The van der Waals surface area contributed by atoms with Crippen molar-refractivity contribution >= 4 is 32.8 Å². The molecule has 57 heavy (non-hydrogen) atoms. The number of aldehydes is 1. The minimum atomic E-state index is -3.68. The van der Waals surface area contributed by atoms with Crippen LogP contribution in [0.1, 0.15) is 99.8 Å². The molecule has 10 atom stereocenters. The summed E-state index contributed by atoms with van der Waals surface area (Å²) in [5.41, 5.74) is 2.09. The van der Waals surface area contributed by atoms with Crippen LogP contribution in [0.15, 0.2) is 59.5 Å². The molecule has 0 saturated carbocycles. The number of hydrogen-bond donors (Lipinski definition) is 0. The summed E-state index contributed by atoms with van der Waals surface area (Å²) in [6.07, 6.45) is 4.44. The lowest BCUT2D eigenvalue weighted by atomic mass is 9.83. The molecular weight excluding hydrogens is 773 g/mol. The van der Waals surface area contributed by atoms with Crippen LogP contribution in [0.3, 0.4) is 0 Å². The molecule has 3 heterocycles.